The molecule has 9 heteroatoms. The van der Waals surface area contributed by atoms with Crippen LogP contribution >= 0.6 is 55.1 Å². The zero-order chi connectivity index (χ0) is 24.0. The van der Waals surface area contributed by atoms with Crippen LogP contribution in [0.1, 0.15) is 44.0 Å². The van der Waals surface area contributed by atoms with Crippen LogP contribution in [0.4, 0.5) is 0 Å². The Balaban J connectivity index is 1.53. The van der Waals surface area contributed by atoms with Crippen LogP contribution in [0.15, 0.2) is 45.5 Å². The number of aromatic nitrogens is 3. The fourth-order valence-electron chi connectivity index (χ4n) is 5.75. The van der Waals surface area contributed by atoms with Crippen LogP contribution in [-0.4, -0.2) is 20.9 Å². The maximum Gasteiger partial charge on any atom is 0.324 e. The van der Waals surface area contributed by atoms with Gasteiger partial charge in [0.25, 0.3) is 0 Å². The van der Waals surface area contributed by atoms with Gasteiger partial charge in [0, 0.05) is 22.0 Å². The molecule has 2 bridgehead atoms. The molecular weight excluding hydrogens is 605 g/mol. The quantitative estimate of drug-likeness (QED) is 0.169. The van der Waals surface area contributed by atoms with Crippen LogP contribution in [0.3, 0.4) is 0 Å². The number of esters is 1. The first-order valence-corrected chi connectivity index (χ1v) is 13.1. The Morgan fingerprint density at radius 3 is 2.53 bits per heavy atom. The van der Waals surface area contributed by atoms with Gasteiger partial charge in [-0.3, -0.25) is 9.78 Å². The van der Waals surface area contributed by atoms with Gasteiger partial charge in [-0.1, -0.05) is 59.0 Å². The fraction of sp³-hybridized carbons (Fsp3) is 0.280. The van der Waals surface area contributed by atoms with E-state index in [0.29, 0.717) is 48.9 Å². The van der Waals surface area contributed by atoms with Crippen LogP contribution in [-0.2, 0) is 10.2 Å². The summed E-state index contributed by atoms with van der Waals surface area (Å²) in [6, 6.07) is 9.08. The van der Waals surface area contributed by atoms with Gasteiger partial charge in [0.15, 0.2) is 5.75 Å². The molecule has 4 aromatic rings. The zero-order valence-corrected chi connectivity index (χ0v) is 22.8. The van der Waals surface area contributed by atoms with Crippen LogP contribution in [0, 0.1) is 5.41 Å². The number of hydrogen-bond acceptors (Lipinski definition) is 5. The highest BCUT2D eigenvalue weighted by molar-refractivity contribution is 9.11. The van der Waals surface area contributed by atoms with E-state index in [1.165, 1.54) is 0 Å². The molecule has 5 nitrogen and oxygen atoms in total. The number of fused-ring (bicyclic) bond motifs is 7. The molecule has 2 heterocycles. The predicted molar refractivity (Wildman–Crippen MR) is 140 cm³/mol. The summed E-state index contributed by atoms with van der Waals surface area (Å²) >= 11 is 19.6. The van der Waals surface area contributed by atoms with E-state index in [9.17, 15) is 4.79 Å². The van der Waals surface area contributed by atoms with E-state index in [0.717, 1.165) is 22.0 Å². The molecule has 0 amide bonds. The number of pyridine rings is 1. The molecule has 0 radical (unpaired) electrons. The minimum Gasteiger partial charge on any atom is -0.422 e. The lowest BCUT2D eigenvalue weighted by atomic mass is 9.68. The van der Waals surface area contributed by atoms with Crippen molar-refractivity contribution < 1.29 is 9.53 Å². The number of hydrogen-bond donors (Lipinski definition) is 0. The average molecular weight is 622 g/mol. The van der Waals surface area contributed by atoms with E-state index in [2.05, 4.69) is 50.7 Å². The van der Waals surface area contributed by atoms with Crippen molar-refractivity contribution in [3.63, 3.8) is 0 Å². The van der Waals surface area contributed by atoms with Crippen LogP contribution < -0.4 is 4.74 Å². The molecule has 2 aromatic carbocycles. The summed E-state index contributed by atoms with van der Waals surface area (Å²) < 4.78 is 7.69. The van der Waals surface area contributed by atoms with Gasteiger partial charge in [-0.25, -0.2) is 9.97 Å². The molecule has 2 aliphatic rings. The van der Waals surface area contributed by atoms with E-state index in [-0.39, 0.29) is 11.9 Å². The molecule has 1 fully saturated rings. The average Bonchev–Trinajstić information content (AvgIpc) is 3.17. The van der Waals surface area contributed by atoms with Gasteiger partial charge in [-0.15, -0.1) is 0 Å². The molecular formula is C25H17Br2Cl2N3O2. The van der Waals surface area contributed by atoms with Crippen molar-refractivity contribution in [1.29, 1.82) is 0 Å². The summed E-state index contributed by atoms with van der Waals surface area (Å²) in [5, 5.41) is 1.69. The monoisotopic (exact) mass is 619 g/mol. The Bertz CT molecular complexity index is 1560. The summed E-state index contributed by atoms with van der Waals surface area (Å²) in [5.41, 5.74) is 2.04. The molecule has 0 saturated heterocycles. The summed E-state index contributed by atoms with van der Waals surface area (Å²) in [7, 11) is 0. The van der Waals surface area contributed by atoms with Gasteiger partial charge in [0.1, 0.15) is 10.9 Å². The maximum atomic E-state index is 14.1. The highest BCUT2D eigenvalue weighted by Crippen LogP contribution is 2.67. The van der Waals surface area contributed by atoms with Crippen molar-refractivity contribution in [1.82, 2.24) is 15.0 Å². The number of carbonyl (C=O) groups excluding carboxylic acids is 1. The second-order valence-corrected chi connectivity index (χ2v) is 11.9. The number of ether oxygens (including phenoxy) is 1. The third-order valence-corrected chi connectivity index (χ3v) is 9.51. The lowest BCUT2D eigenvalue weighted by Gasteiger charge is -2.35. The minimum atomic E-state index is -0.937. The van der Waals surface area contributed by atoms with Crippen LogP contribution in [0.5, 0.6) is 5.75 Å². The molecule has 2 atom stereocenters. The SMILES string of the molecule is CC1(C)C2CCC1(C(=O)Oc1c(Br)cc(Br)c3cccnc13)c1nc3cc(Cl)c(Cl)cc3nc12. The molecule has 34 heavy (non-hydrogen) atoms. The molecule has 172 valence electrons. The molecule has 0 aliphatic heterocycles. The lowest BCUT2D eigenvalue weighted by molar-refractivity contribution is -0.144. The van der Waals surface area contributed by atoms with Crippen molar-refractivity contribution in [2.24, 2.45) is 5.41 Å². The van der Waals surface area contributed by atoms with Crippen molar-refractivity contribution in [3.05, 3.63) is 66.9 Å². The standard InChI is InChI=1S/C25H17Br2Cl2N3O2/c1-24(2)12-5-6-25(24,22-20(12)31-17-9-15(28)16(29)10-18(17)32-22)23(33)34-21-14(27)8-13(26)11-4-3-7-30-19(11)21/h3-4,7-10,12H,5-6H2,1-2H3. The largest absolute Gasteiger partial charge is 0.422 e. The first-order chi connectivity index (χ1) is 16.1. The second-order valence-electron chi connectivity index (χ2n) is 9.39. The molecule has 2 aromatic heterocycles. The third kappa shape index (κ3) is 2.90. The summed E-state index contributed by atoms with van der Waals surface area (Å²) in [4.78, 5) is 28.4. The predicted octanol–water partition coefficient (Wildman–Crippen LogP) is 7.77. The van der Waals surface area contributed by atoms with E-state index >= 15 is 0 Å². The van der Waals surface area contributed by atoms with Crippen LogP contribution in [0.2, 0.25) is 10.0 Å². The van der Waals surface area contributed by atoms with Gasteiger partial charge in [0.2, 0.25) is 0 Å². The summed E-state index contributed by atoms with van der Waals surface area (Å²) in [6.45, 7) is 4.21. The maximum absolute atomic E-state index is 14.1. The Kier molecular flexibility index (Phi) is 5.06. The van der Waals surface area contributed by atoms with Crippen molar-refractivity contribution in [2.75, 3.05) is 0 Å². The van der Waals surface area contributed by atoms with Gasteiger partial charge in [0.05, 0.1) is 36.9 Å². The van der Waals surface area contributed by atoms with Crippen LogP contribution in [0.25, 0.3) is 21.9 Å². The first kappa shape index (κ1) is 22.7. The zero-order valence-electron chi connectivity index (χ0n) is 18.1. The number of carbonyl (C=O) groups is 1. The molecule has 2 unspecified atom stereocenters. The van der Waals surface area contributed by atoms with Gasteiger partial charge < -0.3 is 4.74 Å². The Hall–Kier alpha value is -1.80. The number of nitrogens with zero attached hydrogens (tertiary/aromatic N) is 3. The fourth-order valence-corrected chi connectivity index (χ4v) is 7.42. The van der Waals surface area contributed by atoms with E-state index < -0.39 is 10.8 Å². The second kappa shape index (κ2) is 7.60. The van der Waals surface area contributed by atoms with Gasteiger partial charge in [-0.05, 0) is 58.5 Å². The summed E-state index contributed by atoms with van der Waals surface area (Å²) in [5.74, 6) is 0.140. The van der Waals surface area contributed by atoms with Gasteiger partial charge in [-0.2, -0.15) is 0 Å². The Labute approximate surface area is 222 Å². The van der Waals surface area contributed by atoms with Crippen molar-refractivity contribution in [3.8, 4) is 5.75 Å². The normalized spacial score (nSPS) is 22.4. The minimum absolute atomic E-state index is 0.0876. The number of halogens is 4. The topological polar surface area (TPSA) is 65.0 Å². The Morgan fingerprint density at radius 2 is 1.79 bits per heavy atom. The molecule has 6 rings (SSSR count). The highest BCUT2D eigenvalue weighted by Gasteiger charge is 2.69. The smallest absolute Gasteiger partial charge is 0.324 e. The highest BCUT2D eigenvalue weighted by atomic mass is 79.9. The van der Waals surface area contributed by atoms with E-state index in [1.807, 2.05) is 18.2 Å². The molecule has 0 spiro atoms. The first-order valence-electron chi connectivity index (χ1n) is 10.8. The van der Waals surface area contributed by atoms with Crippen molar-refractivity contribution >= 4 is 83.0 Å². The number of benzene rings is 2. The van der Waals surface area contributed by atoms with E-state index in [1.54, 1.807) is 18.3 Å². The molecule has 1 saturated carbocycles. The van der Waals surface area contributed by atoms with E-state index in [4.69, 9.17) is 37.9 Å². The lowest BCUT2D eigenvalue weighted by Crippen LogP contribution is -2.46. The van der Waals surface area contributed by atoms with Crippen molar-refractivity contribution in [2.45, 2.75) is 38.0 Å². The Morgan fingerprint density at radius 1 is 1.09 bits per heavy atom. The molecule has 2 aliphatic carbocycles. The number of rotatable bonds is 2. The molecule has 0 N–H and O–H groups in total. The van der Waals surface area contributed by atoms with Gasteiger partial charge >= 0.3 is 5.97 Å². The third-order valence-electron chi connectivity index (χ3n) is 7.54. The summed E-state index contributed by atoms with van der Waals surface area (Å²) in [6.07, 6.45) is 3.15.